The molecular weight excluding hydrogens is 340 g/mol. The van der Waals surface area contributed by atoms with Crippen molar-refractivity contribution in [1.29, 1.82) is 0 Å². The van der Waals surface area contributed by atoms with Crippen LogP contribution in [0.1, 0.15) is 23.6 Å². The Bertz CT molecular complexity index is 835. The van der Waals surface area contributed by atoms with E-state index in [9.17, 15) is 9.59 Å². The van der Waals surface area contributed by atoms with E-state index >= 15 is 0 Å². The average molecular weight is 359 g/mol. The quantitative estimate of drug-likeness (QED) is 0.849. The number of hydrogen-bond acceptors (Lipinski definition) is 3. The number of rotatable bonds is 4. The van der Waals surface area contributed by atoms with Gasteiger partial charge in [0.25, 0.3) is 5.91 Å². The summed E-state index contributed by atoms with van der Waals surface area (Å²) in [6.07, 6.45) is 0. The fraction of sp³-hybridized carbons (Fsp3) is 0.263. The van der Waals surface area contributed by atoms with Crippen LogP contribution in [0.2, 0.25) is 5.02 Å². The van der Waals surface area contributed by atoms with Crippen molar-refractivity contribution in [3.63, 3.8) is 0 Å². The maximum Gasteiger partial charge on any atom is 0.325 e. The SMILES string of the molecule is COc1ccc(Cl)cc1CN1C(=O)NC(C)(c2ccc(C)cc2)C1=O. The Hall–Kier alpha value is -2.53. The maximum absolute atomic E-state index is 13.0. The lowest BCUT2D eigenvalue weighted by Gasteiger charge is -2.22. The summed E-state index contributed by atoms with van der Waals surface area (Å²) >= 11 is 6.04. The Morgan fingerprint density at radius 1 is 1.16 bits per heavy atom. The second-order valence-electron chi connectivity index (χ2n) is 6.27. The number of amides is 3. The van der Waals surface area contributed by atoms with Gasteiger partial charge in [0, 0.05) is 10.6 Å². The summed E-state index contributed by atoms with van der Waals surface area (Å²) in [5.74, 6) is 0.275. The third kappa shape index (κ3) is 3.07. The summed E-state index contributed by atoms with van der Waals surface area (Å²) in [6, 6.07) is 12.2. The molecule has 25 heavy (non-hydrogen) atoms. The minimum Gasteiger partial charge on any atom is -0.496 e. The fourth-order valence-electron chi connectivity index (χ4n) is 2.96. The van der Waals surface area contributed by atoms with Gasteiger partial charge < -0.3 is 10.1 Å². The summed E-state index contributed by atoms with van der Waals surface area (Å²) in [6.45, 7) is 3.78. The number of benzene rings is 2. The summed E-state index contributed by atoms with van der Waals surface area (Å²) < 4.78 is 5.30. The van der Waals surface area contributed by atoms with Crippen LogP contribution < -0.4 is 10.1 Å². The van der Waals surface area contributed by atoms with E-state index in [1.54, 1.807) is 25.1 Å². The van der Waals surface area contributed by atoms with Gasteiger partial charge in [-0.1, -0.05) is 41.4 Å². The van der Waals surface area contributed by atoms with Crippen LogP contribution in [-0.4, -0.2) is 23.9 Å². The predicted molar refractivity (Wildman–Crippen MR) is 95.6 cm³/mol. The van der Waals surface area contributed by atoms with Crippen molar-refractivity contribution < 1.29 is 14.3 Å². The average Bonchev–Trinajstić information content (AvgIpc) is 2.80. The molecule has 5 nitrogen and oxygen atoms in total. The van der Waals surface area contributed by atoms with Crippen molar-refractivity contribution in [3.05, 3.63) is 64.2 Å². The molecule has 1 atom stereocenters. The predicted octanol–water partition coefficient (Wildman–Crippen LogP) is 3.62. The highest BCUT2D eigenvalue weighted by Crippen LogP contribution is 2.32. The van der Waals surface area contributed by atoms with E-state index in [-0.39, 0.29) is 12.5 Å². The summed E-state index contributed by atoms with van der Waals surface area (Å²) in [5.41, 5.74) is 1.42. The minimum absolute atomic E-state index is 0.0931. The van der Waals surface area contributed by atoms with Crippen molar-refractivity contribution in [3.8, 4) is 5.75 Å². The Kier molecular flexibility index (Phi) is 4.43. The number of nitrogens with zero attached hydrogens (tertiary/aromatic N) is 1. The molecule has 0 aromatic heterocycles. The molecule has 0 spiro atoms. The highest BCUT2D eigenvalue weighted by molar-refractivity contribution is 6.30. The summed E-state index contributed by atoms with van der Waals surface area (Å²) in [7, 11) is 1.54. The molecule has 1 N–H and O–H groups in total. The molecule has 2 aromatic carbocycles. The molecule has 1 unspecified atom stereocenters. The zero-order valence-electron chi connectivity index (χ0n) is 14.3. The van der Waals surface area contributed by atoms with Crippen molar-refractivity contribution in [2.45, 2.75) is 25.9 Å². The van der Waals surface area contributed by atoms with E-state index in [1.807, 2.05) is 31.2 Å². The number of urea groups is 1. The normalized spacial score (nSPS) is 19.9. The van der Waals surface area contributed by atoms with Crippen LogP contribution in [0.3, 0.4) is 0 Å². The highest BCUT2D eigenvalue weighted by Gasteiger charge is 2.49. The second-order valence-corrected chi connectivity index (χ2v) is 6.71. The number of ether oxygens (including phenoxy) is 1. The Morgan fingerprint density at radius 3 is 2.48 bits per heavy atom. The number of aryl methyl sites for hydroxylation is 1. The maximum atomic E-state index is 13.0. The molecule has 3 amide bonds. The van der Waals surface area contributed by atoms with Gasteiger partial charge in [-0.3, -0.25) is 9.69 Å². The summed E-state index contributed by atoms with van der Waals surface area (Å²) in [5, 5.41) is 3.32. The zero-order chi connectivity index (χ0) is 18.2. The number of carbonyl (C=O) groups is 2. The van der Waals surface area contributed by atoms with Crippen molar-refractivity contribution >= 4 is 23.5 Å². The molecule has 130 valence electrons. The van der Waals surface area contributed by atoms with E-state index < -0.39 is 11.6 Å². The monoisotopic (exact) mass is 358 g/mol. The number of imide groups is 1. The van der Waals surface area contributed by atoms with Crippen LogP contribution in [0, 0.1) is 6.92 Å². The standard InChI is InChI=1S/C19H19ClN2O3/c1-12-4-6-14(7-5-12)19(2)17(23)22(18(24)21-19)11-13-10-15(20)8-9-16(13)25-3/h4-10H,11H2,1-3H3,(H,21,24). The van der Waals surface area contributed by atoms with Crippen LogP contribution in [0.15, 0.2) is 42.5 Å². The third-order valence-corrected chi connectivity index (χ3v) is 4.71. The van der Waals surface area contributed by atoms with Gasteiger partial charge in [0.05, 0.1) is 13.7 Å². The van der Waals surface area contributed by atoms with Crippen molar-refractivity contribution in [1.82, 2.24) is 10.2 Å². The largest absolute Gasteiger partial charge is 0.496 e. The van der Waals surface area contributed by atoms with Crippen molar-refractivity contribution in [2.75, 3.05) is 7.11 Å². The topological polar surface area (TPSA) is 58.6 Å². The smallest absolute Gasteiger partial charge is 0.325 e. The van der Waals surface area contributed by atoms with Gasteiger partial charge in [0.2, 0.25) is 0 Å². The number of carbonyl (C=O) groups excluding carboxylic acids is 2. The van der Waals surface area contributed by atoms with Gasteiger partial charge in [-0.05, 0) is 37.6 Å². The van der Waals surface area contributed by atoms with E-state index in [0.717, 1.165) is 11.1 Å². The highest BCUT2D eigenvalue weighted by atomic mass is 35.5. The molecule has 1 saturated heterocycles. The molecule has 0 saturated carbocycles. The molecule has 2 aromatic rings. The van der Waals surface area contributed by atoms with Gasteiger partial charge in [0.1, 0.15) is 11.3 Å². The van der Waals surface area contributed by atoms with E-state index in [0.29, 0.717) is 16.3 Å². The van der Waals surface area contributed by atoms with E-state index in [1.165, 1.54) is 12.0 Å². The van der Waals surface area contributed by atoms with Crippen LogP contribution in [0.5, 0.6) is 5.75 Å². The van der Waals surface area contributed by atoms with Crippen molar-refractivity contribution in [2.24, 2.45) is 0 Å². The molecule has 1 fully saturated rings. The molecule has 3 rings (SSSR count). The second kappa shape index (κ2) is 6.41. The number of methoxy groups -OCH3 is 1. The molecule has 0 radical (unpaired) electrons. The first-order chi connectivity index (χ1) is 11.8. The summed E-state index contributed by atoms with van der Waals surface area (Å²) in [4.78, 5) is 26.6. The lowest BCUT2D eigenvalue weighted by atomic mass is 9.91. The van der Waals surface area contributed by atoms with Gasteiger partial charge in [0.15, 0.2) is 0 Å². The molecule has 0 bridgehead atoms. The number of hydrogen-bond donors (Lipinski definition) is 1. The Morgan fingerprint density at radius 2 is 1.84 bits per heavy atom. The zero-order valence-corrected chi connectivity index (χ0v) is 15.1. The number of halogens is 1. The first-order valence-electron chi connectivity index (χ1n) is 7.89. The van der Waals surface area contributed by atoms with Crippen LogP contribution >= 0.6 is 11.6 Å². The van der Waals surface area contributed by atoms with Gasteiger partial charge >= 0.3 is 6.03 Å². The molecule has 1 heterocycles. The molecule has 1 aliphatic rings. The molecule has 1 aliphatic heterocycles. The van der Waals surface area contributed by atoms with Gasteiger partial charge in [-0.15, -0.1) is 0 Å². The molecule has 6 heteroatoms. The van der Waals surface area contributed by atoms with Crippen LogP contribution in [-0.2, 0) is 16.9 Å². The van der Waals surface area contributed by atoms with E-state index in [2.05, 4.69) is 5.32 Å². The third-order valence-electron chi connectivity index (χ3n) is 4.47. The Balaban J connectivity index is 1.92. The van der Waals surface area contributed by atoms with Gasteiger partial charge in [-0.25, -0.2) is 4.79 Å². The minimum atomic E-state index is -1.09. The lowest BCUT2D eigenvalue weighted by Crippen LogP contribution is -2.40. The Labute approximate surface area is 151 Å². The van der Waals surface area contributed by atoms with Gasteiger partial charge in [-0.2, -0.15) is 0 Å². The first kappa shape index (κ1) is 17.3. The molecule has 0 aliphatic carbocycles. The lowest BCUT2D eigenvalue weighted by molar-refractivity contribution is -0.131. The van der Waals surface area contributed by atoms with Crippen LogP contribution in [0.4, 0.5) is 4.79 Å². The van der Waals surface area contributed by atoms with E-state index in [4.69, 9.17) is 16.3 Å². The molecular formula is C19H19ClN2O3. The first-order valence-corrected chi connectivity index (χ1v) is 8.26. The number of nitrogens with one attached hydrogen (secondary N) is 1. The fourth-order valence-corrected chi connectivity index (χ4v) is 3.16. The van der Waals surface area contributed by atoms with Crippen LogP contribution in [0.25, 0.3) is 0 Å².